The van der Waals surface area contributed by atoms with E-state index >= 15 is 0 Å². The van der Waals surface area contributed by atoms with Gasteiger partial charge in [-0.05, 0) is 50.3 Å². The Morgan fingerprint density at radius 1 is 1.46 bits per heavy atom. The molecule has 24 heavy (non-hydrogen) atoms. The van der Waals surface area contributed by atoms with Crippen molar-refractivity contribution in [2.75, 3.05) is 6.61 Å². The van der Waals surface area contributed by atoms with Gasteiger partial charge in [0, 0.05) is 23.7 Å². The maximum atomic E-state index is 10.6. The molecule has 4 N–H and O–H groups in total. The Labute approximate surface area is 144 Å². The van der Waals surface area contributed by atoms with Crippen molar-refractivity contribution >= 4 is 0 Å². The van der Waals surface area contributed by atoms with Crippen molar-refractivity contribution in [2.24, 2.45) is 11.7 Å². The monoisotopic (exact) mass is 328 g/mol. The van der Waals surface area contributed by atoms with Gasteiger partial charge >= 0.3 is 0 Å². The number of hydrogen-bond acceptors (Lipinski definition) is 4. The van der Waals surface area contributed by atoms with E-state index in [1.165, 1.54) is 11.1 Å². The van der Waals surface area contributed by atoms with E-state index < -0.39 is 6.10 Å². The molecule has 4 heteroatoms. The van der Waals surface area contributed by atoms with Gasteiger partial charge in [-0.15, -0.1) is 0 Å². The fourth-order valence-electron chi connectivity index (χ4n) is 3.87. The highest BCUT2D eigenvalue weighted by atomic mass is 16.5. The molecule has 4 atom stereocenters. The summed E-state index contributed by atoms with van der Waals surface area (Å²) in [6, 6.07) is 0.319. The summed E-state index contributed by atoms with van der Waals surface area (Å²) in [5.74, 6) is 0.638. The van der Waals surface area contributed by atoms with Crippen molar-refractivity contribution in [3.05, 3.63) is 59.1 Å². The minimum absolute atomic E-state index is 0.0136. The second-order valence-electron chi connectivity index (χ2n) is 6.69. The van der Waals surface area contributed by atoms with Crippen LogP contribution >= 0.6 is 0 Å². The van der Waals surface area contributed by atoms with Crippen LogP contribution in [0.3, 0.4) is 0 Å². The first-order chi connectivity index (χ1) is 11.6. The maximum absolute atomic E-state index is 10.6. The summed E-state index contributed by atoms with van der Waals surface area (Å²) >= 11 is 0. The average molecular weight is 328 g/mol. The molecule has 3 aliphatic rings. The van der Waals surface area contributed by atoms with Crippen LogP contribution < -0.4 is 11.1 Å². The molecular weight excluding hydrogens is 300 g/mol. The van der Waals surface area contributed by atoms with Gasteiger partial charge in [-0.3, -0.25) is 0 Å². The predicted molar refractivity (Wildman–Crippen MR) is 97.0 cm³/mol. The molecule has 0 saturated heterocycles. The number of aliphatic hydroxyl groups excluding tert-OH is 1. The molecule has 3 aliphatic carbocycles. The van der Waals surface area contributed by atoms with Crippen molar-refractivity contribution in [3.8, 4) is 0 Å². The highest BCUT2D eigenvalue weighted by Gasteiger charge is 2.32. The van der Waals surface area contributed by atoms with Crippen LogP contribution in [0.4, 0.5) is 0 Å². The summed E-state index contributed by atoms with van der Waals surface area (Å²) in [4.78, 5) is 0. The molecule has 0 radical (unpaired) electrons. The van der Waals surface area contributed by atoms with Gasteiger partial charge in [-0.2, -0.15) is 0 Å². The Bertz CT molecular complexity index is 628. The smallest absolute Gasteiger partial charge is 0.125 e. The molecular formula is C20H28N2O2. The van der Waals surface area contributed by atoms with Crippen LogP contribution in [0.25, 0.3) is 0 Å². The van der Waals surface area contributed by atoms with E-state index in [1.807, 2.05) is 19.1 Å². The Morgan fingerprint density at radius 3 is 3.08 bits per heavy atom. The van der Waals surface area contributed by atoms with Gasteiger partial charge in [0.15, 0.2) is 0 Å². The molecule has 0 aromatic carbocycles. The third-order valence-electron chi connectivity index (χ3n) is 5.08. The summed E-state index contributed by atoms with van der Waals surface area (Å²) in [7, 11) is 0. The predicted octanol–water partition coefficient (Wildman–Crippen LogP) is 2.69. The van der Waals surface area contributed by atoms with Crippen LogP contribution in [0.1, 0.15) is 33.1 Å². The molecule has 0 heterocycles. The Hall–Kier alpha value is -1.78. The first-order valence-electron chi connectivity index (χ1n) is 8.92. The minimum atomic E-state index is -0.607. The molecule has 0 aliphatic heterocycles. The Morgan fingerprint density at radius 2 is 2.29 bits per heavy atom. The molecule has 0 amide bonds. The van der Waals surface area contributed by atoms with Gasteiger partial charge in [-0.25, -0.2) is 0 Å². The molecule has 0 bridgehead atoms. The molecule has 4 unspecified atom stereocenters. The molecule has 0 saturated carbocycles. The Balaban J connectivity index is 1.71. The van der Waals surface area contributed by atoms with Crippen LogP contribution in [0.2, 0.25) is 0 Å². The van der Waals surface area contributed by atoms with Crippen LogP contribution in [0.15, 0.2) is 59.1 Å². The molecule has 3 rings (SSSR count). The van der Waals surface area contributed by atoms with Gasteiger partial charge in [0.1, 0.15) is 11.9 Å². The maximum Gasteiger partial charge on any atom is 0.125 e. The molecule has 0 aromatic rings. The Kier molecular flexibility index (Phi) is 5.27. The van der Waals surface area contributed by atoms with Gasteiger partial charge < -0.3 is 20.9 Å². The zero-order chi connectivity index (χ0) is 17.1. The minimum Gasteiger partial charge on any atom is -0.495 e. The van der Waals surface area contributed by atoms with Crippen LogP contribution in [0, 0.1) is 5.92 Å². The standard InChI is InChI=1S/C20H28N2O2/c1-3-24-18-12-6-9-15(20(18)23)13(2)22-17-11-5-8-14-7-4-10-16(21)19(14)17/h5-6,8-10,12-13,15,17,20,22-23H,3-4,7,11,21H2,1-2H3. The fourth-order valence-corrected chi connectivity index (χ4v) is 3.87. The van der Waals surface area contributed by atoms with Crippen LogP contribution in [0.5, 0.6) is 0 Å². The first kappa shape index (κ1) is 17.1. The SMILES string of the molecule is CCOC1=CC=CC(C(C)NC2CC=CC3=C2C(N)=CCC3)C1O. The number of allylic oxidation sites excluding steroid dienone is 5. The first-order valence-corrected chi connectivity index (χ1v) is 8.92. The highest BCUT2D eigenvalue weighted by Crippen LogP contribution is 2.32. The summed E-state index contributed by atoms with van der Waals surface area (Å²) in [6.07, 6.45) is 14.8. The van der Waals surface area contributed by atoms with E-state index in [2.05, 4.69) is 36.5 Å². The number of aliphatic hydroxyl groups is 1. The molecule has 4 nitrogen and oxygen atoms in total. The fraction of sp³-hybridized carbons (Fsp3) is 0.500. The third kappa shape index (κ3) is 3.35. The van der Waals surface area contributed by atoms with Crippen molar-refractivity contribution in [1.82, 2.24) is 5.32 Å². The summed E-state index contributed by atoms with van der Waals surface area (Å²) in [6.45, 7) is 4.62. The summed E-state index contributed by atoms with van der Waals surface area (Å²) < 4.78 is 5.55. The highest BCUT2D eigenvalue weighted by molar-refractivity contribution is 5.47. The lowest BCUT2D eigenvalue weighted by molar-refractivity contribution is 0.0669. The summed E-state index contributed by atoms with van der Waals surface area (Å²) in [5.41, 5.74) is 9.75. The van der Waals surface area contributed by atoms with Crippen molar-refractivity contribution < 1.29 is 9.84 Å². The van der Waals surface area contributed by atoms with Crippen LogP contribution in [-0.4, -0.2) is 29.9 Å². The van der Waals surface area contributed by atoms with Crippen LogP contribution in [-0.2, 0) is 4.74 Å². The largest absolute Gasteiger partial charge is 0.495 e. The molecule has 0 spiro atoms. The van der Waals surface area contributed by atoms with E-state index in [9.17, 15) is 5.11 Å². The topological polar surface area (TPSA) is 67.5 Å². The van der Waals surface area contributed by atoms with E-state index in [4.69, 9.17) is 10.5 Å². The molecule has 130 valence electrons. The van der Waals surface area contributed by atoms with Gasteiger partial charge in [-0.1, -0.05) is 30.4 Å². The average Bonchev–Trinajstić information content (AvgIpc) is 2.57. The second-order valence-corrected chi connectivity index (χ2v) is 6.69. The normalized spacial score (nSPS) is 30.5. The second kappa shape index (κ2) is 7.41. The summed E-state index contributed by atoms with van der Waals surface area (Å²) in [5, 5.41) is 14.3. The van der Waals surface area contributed by atoms with E-state index in [0.29, 0.717) is 12.4 Å². The van der Waals surface area contributed by atoms with Gasteiger partial charge in [0.25, 0.3) is 0 Å². The zero-order valence-corrected chi connectivity index (χ0v) is 14.5. The van der Waals surface area contributed by atoms with Crippen molar-refractivity contribution in [2.45, 2.75) is 51.3 Å². The quantitative estimate of drug-likeness (QED) is 0.726. The number of nitrogens with two attached hydrogens (primary N) is 1. The van der Waals surface area contributed by atoms with Gasteiger partial charge in [0.2, 0.25) is 0 Å². The lowest BCUT2D eigenvalue weighted by atomic mass is 9.83. The number of hydrogen-bond donors (Lipinski definition) is 3. The zero-order valence-electron chi connectivity index (χ0n) is 14.5. The molecule has 0 aromatic heterocycles. The van der Waals surface area contributed by atoms with E-state index in [1.54, 1.807) is 0 Å². The molecule has 0 fully saturated rings. The number of ether oxygens (including phenoxy) is 1. The lowest BCUT2D eigenvalue weighted by Gasteiger charge is -2.35. The van der Waals surface area contributed by atoms with E-state index in [-0.39, 0.29) is 18.0 Å². The number of rotatable bonds is 5. The lowest BCUT2D eigenvalue weighted by Crippen LogP contribution is -2.47. The number of nitrogens with one attached hydrogen (secondary N) is 1. The third-order valence-corrected chi connectivity index (χ3v) is 5.08. The van der Waals surface area contributed by atoms with Gasteiger partial charge in [0.05, 0.1) is 6.61 Å². The van der Waals surface area contributed by atoms with Crippen molar-refractivity contribution in [1.29, 1.82) is 0 Å². The van der Waals surface area contributed by atoms with E-state index in [0.717, 1.165) is 25.0 Å². The van der Waals surface area contributed by atoms with Crippen molar-refractivity contribution in [3.63, 3.8) is 0 Å².